The van der Waals surface area contributed by atoms with Crippen LogP contribution in [0.15, 0.2) is 23.1 Å². The molecular formula is C13H19ClN2O4S. The van der Waals surface area contributed by atoms with Crippen molar-refractivity contribution in [2.75, 3.05) is 13.1 Å². The standard InChI is InChI=1S/C13H19ClN2O4S/c1-4-10(3)9-15(5-2)21(19,20)11-6-7-12(14)13(8-11)16(17)18/h6-8,10H,4-5,9H2,1-3H3. The molecule has 0 aliphatic carbocycles. The van der Waals surface area contributed by atoms with Crippen LogP contribution in [-0.4, -0.2) is 30.7 Å². The van der Waals surface area contributed by atoms with Crippen LogP contribution in [-0.2, 0) is 10.0 Å². The molecule has 0 bridgehead atoms. The van der Waals surface area contributed by atoms with Crippen molar-refractivity contribution in [2.45, 2.75) is 32.1 Å². The molecule has 0 fully saturated rings. The number of nitrogens with zero attached hydrogens (tertiary/aromatic N) is 2. The molecule has 1 unspecified atom stereocenters. The number of rotatable bonds is 7. The van der Waals surface area contributed by atoms with Crippen molar-refractivity contribution in [1.29, 1.82) is 0 Å². The largest absolute Gasteiger partial charge is 0.289 e. The zero-order valence-corrected chi connectivity index (χ0v) is 13.8. The van der Waals surface area contributed by atoms with Crippen LogP contribution in [0.2, 0.25) is 5.02 Å². The van der Waals surface area contributed by atoms with Crippen molar-refractivity contribution in [3.63, 3.8) is 0 Å². The number of nitro benzene ring substituents is 1. The van der Waals surface area contributed by atoms with E-state index in [9.17, 15) is 18.5 Å². The van der Waals surface area contributed by atoms with Crippen LogP contribution >= 0.6 is 11.6 Å². The zero-order valence-electron chi connectivity index (χ0n) is 12.2. The SMILES string of the molecule is CCC(C)CN(CC)S(=O)(=O)c1ccc(Cl)c([N+](=O)[O-])c1. The average Bonchev–Trinajstić information content (AvgIpc) is 2.43. The molecule has 0 aliphatic rings. The van der Waals surface area contributed by atoms with Gasteiger partial charge in [-0.05, 0) is 18.1 Å². The topological polar surface area (TPSA) is 80.5 Å². The van der Waals surface area contributed by atoms with Crippen LogP contribution < -0.4 is 0 Å². The highest BCUT2D eigenvalue weighted by Crippen LogP contribution is 2.28. The van der Waals surface area contributed by atoms with Crippen LogP contribution in [0.1, 0.15) is 27.2 Å². The molecule has 1 aromatic carbocycles. The van der Waals surface area contributed by atoms with Gasteiger partial charge in [0, 0.05) is 19.2 Å². The third kappa shape index (κ3) is 4.15. The van der Waals surface area contributed by atoms with Gasteiger partial charge >= 0.3 is 0 Å². The molecule has 0 radical (unpaired) electrons. The normalized spacial score (nSPS) is 13.4. The molecule has 0 saturated carbocycles. The molecule has 0 saturated heterocycles. The van der Waals surface area contributed by atoms with E-state index in [0.29, 0.717) is 13.1 Å². The van der Waals surface area contributed by atoms with Gasteiger partial charge in [-0.25, -0.2) is 8.42 Å². The molecule has 8 heteroatoms. The van der Waals surface area contributed by atoms with E-state index in [1.165, 1.54) is 16.4 Å². The van der Waals surface area contributed by atoms with Crippen molar-refractivity contribution < 1.29 is 13.3 Å². The molecule has 0 amide bonds. The maximum absolute atomic E-state index is 12.6. The molecule has 0 aromatic heterocycles. The number of nitro groups is 1. The smallest absolute Gasteiger partial charge is 0.258 e. The molecule has 0 heterocycles. The van der Waals surface area contributed by atoms with Crippen LogP contribution in [0.4, 0.5) is 5.69 Å². The van der Waals surface area contributed by atoms with E-state index < -0.39 is 20.6 Å². The summed E-state index contributed by atoms with van der Waals surface area (Å²) in [5.41, 5.74) is -0.405. The molecule has 118 valence electrons. The van der Waals surface area contributed by atoms with Crippen LogP contribution in [0.25, 0.3) is 0 Å². The number of benzene rings is 1. The van der Waals surface area contributed by atoms with Crippen LogP contribution in [0.5, 0.6) is 0 Å². The predicted molar refractivity (Wildman–Crippen MR) is 82.0 cm³/mol. The Labute approximate surface area is 129 Å². The number of hydrogen-bond donors (Lipinski definition) is 0. The Kier molecular flexibility index (Phi) is 6.12. The van der Waals surface area contributed by atoms with E-state index in [2.05, 4.69) is 0 Å². The second-order valence-corrected chi connectivity index (χ2v) is 7.18. The second-order valence-electron chi connectivity index (χ2n) is 4.84. The van der Waals surface area contributed by atoms with Gasteiger partial charge in [0.2, 0.25) is 10.0 Å². The minimum atomic E-state index is -3.76. The summed E-state index contributed by atoms with van der Waals surface area (Å²) in [6, 6.07) is 3.55. The summed E-state index contributed by atoms with van der Waals surface area (Å²) in [4.78, 5) is 10.1. The van der Waals surface area contributed by atoms with Gasteiger partial charge in [-0.1, -0.05) is 38.8 Å². The minimum Gasteiger partial charge on any atom is -0.258 e. The number of hydrogen-bond acceptors (Lipinski definition) is 4. The average molecular weight is 335 g/mol. The Morgan fingerprint density at radius 1 is 1.38 bits per heavy atom. The molecule has 1 atom stereocenters. The summed E-state index contributed by atoms with van der Waals surface area (Å²) >= 11 is 5.71. The maximum Gasteiger partial charge on any atom is 0.289 e. The fraction of sp³-hybridized carbons (Fsp3) is 0.538. The van der Waals surface area contributed by atoms with Gasteiger partial charge in [-0.3, -0.25) is 10.1 Å². The van der Waals surface area contributed by atoms with Crippen molar-refractivity contribution >= 4 is 27.3 Å². The third-order valence-corrected chi connectivity index (χ3v) is 5.57. The monoisotopic (exact) mass is 334 g/mol. The molecule has 0 aliphatic heterocycles. The van der Waals surface area contributed by atoms with Gasteiger partial charge in [-0.2, -0.15) is 4.31 Å². The summed E-state index contributed by atoms with van der Waals surface area (Å²) < 4.78 is 26.4. The van der Waals surface area contributed by atoms with Crippen LogP contribution in [0, 0.1) is 16.0 Å². The molecule has 21 heavy (non-hydrogen) atoms. The van der Waals surface area contributed by atoms with Gasteiger partial charge in [0.15, 0.2) is 0 Å². The molecule has 6 nitrogen and oxygen atoms in total. The lowest BCUT2D eigenvalue weighted by atomic mass is 10.1. The molecule has 0 N–H and O–H groups in total. The Bertz CT molecular complexity index is 619. The van der Waals surface area contributed by atoms with Crippen molar-refractivity contribution in [2.24, 2.45) is 5.92 Å². The van der Waals surface area contributed by atoms with Gasteiger partial charge in [0.25, 0.3) is 5.69 Å². The summed E-state index contributed by atoms with van der Waals surface area (Å²) in [5.74, 6) is 0.210. The van der Waals surface area contributed by atoms with Gasteiger partial charge in [0.1, 0.15) is 5.02 Å². The quantitative estimate of drug-likeness (QED) is 0.566. The Morgan fingerprint density at radius 2 is 2.00 bits per heavy atom. The maximum atomic E-state index is 12.6. The lowest BCUT2D eigenvalue weighted by molar-refractivity contribution is -0.384. The second kappa shape index (κ2) is 7.20. The first-order valence-electron chi connectivity index (χ1n) is 6.68. The lowest BCUT2D eigenvalue weighted by Crippen LogP contribution is -2.34. The van der Waals surface area contributed by atoms with Crippen molar-refractivity contribution in [3.8, 4) is 0 Å². The van der Waals surface area contributed by atoms with Crippen molar-refractivity contribution in [1.82, 2.24) is 4.31 Å². The van der Waals surface area contributed by atoms with Crippen molar-refractivity contribution in [3.05, 3.63) is 33.3 Å². The van der Waals surface area contributed by atoms with E-state index >= 15 is 0 Å². The Balaban J connectivity index is 3.23. The van der Waals surface area contributed by atoms with E-state index in [1.54, 1.807) is 6.92 Å². The summed E-state index contributed by atoms with van der Waals surface area (Å²) in [5, 5.41) is 10.8. The molecule has 1 rings (SSSR count). The molecular weight excluding hydrogens is 316 g/mol. The van der Waals surface area contributed by atoms with E-state index in [-0.39, 0.29) is 15.8 Å². The first kappa shape index (κ1) is 17.9. The highest BCUT2D eigenvalue weighted by atomic mass is 35.5. The first-order chi connectivity index (χ1) is 9.73. The highest BCUT2D eigenvalue weighted by molar-refractivity contribution is 7.89. The fourth-order valence-corrected chi connectivity index (χ4v) is 3.59. The lowest BCUT2D eigenvalue weighted by Gasteiger charge is -2.23. The zero-order chi connectivity index (χ0) is 16.2. The predicted octanol–water partition coefficient (Wildman–Crippen LogP) is 3.30. The Morgan fingerprint density at radius 3 is 2.48 bits per heavy atom. The summed E-state index contributed by atoms with van der Waals surface area (Å²) in [6.45, 7) is 6.37. The first-order valence-corrected chi connectivity index (χ1v) is 8.49. The number of halogens is 1. The minimum absolute atomic E-state index is 0.0797. The van der Waals surface area contributed by atoms with E-state index in [0.717, 1.165) is 12.5 Å². The van der Waals surface area contributed by atoms with E-state index in [4.69, 9.17) is 11.6 Å². The van der Waals surface area contributed by atoms with Gasteiger partial charge in [0.05, 0.1) is 9.82 Å². The van der Waals surface area contributed by atoms with Crippen LogP contribution in [0.3, 0.4) is 0 Å². The number of sulfonamides is 1. The highest BCUT2D eigenvalue weighted by Gasteiger charge is 2.27. The Hall–Kier alpha value is -1.18. The molecule has 1 aromatic rings. The van der Waals surface area contributed by atoms with Gasteiger partial charge < -0.3 is 0 Å². The summed E-state index contributed by atoms with van der Waals surface area (Å²) in [7, 11) is -3.76. The molecule has 0 spiro atoms. The summed E-state index contributed by atoms with van der Waals surface area (Å²) in [6.07, 6.45) is 0.854. The van der Waals surface area contributed by atoms with Gasteiger partial charge in [-0.15, -0.1) is 0 Å². The van der Waals surface area contributed by atoms with E-state index in [1.807, 2.05) is 13.8 Å². The fourth-order valence-electron chi connectivity index (χ4n) is 1.82. The third-order valence-electron chi connectivity index (χ3n) is 3.32.